The Balaban J connectivity index is 0. The Morgan fingerprint density at radius 2 is 0.500 bits per heavy atom. The second kappa shape index (κ2) is 17.1. The minimum Gasteiger partial charge on any atom is -0.412 e. The molecule has 0 atom stereocenters. The van der Waals surface area contributed by atoms with Crippen LogP contribution < -0.4 is 0 Å². The van der Waals surface area contributed by atoms with Crippen molar-refractivity contribution in [1.29, 1.82) is 0 Å². The fourth-order valence-electron chi connectivity index (χ4n) is 4.15. The Kier molecular flexibility index (Phi) is 17.1. The average Bonchev–Trinajstić information content (AvgIpc) is 2.87. The van der Waals surface area contributed by atoms with Crippen LogP contribution in [-0.2, 0) is 66.4 Å². The molecule has 2 radical (unpaired) electrons. The van der Waals surface area contributed by atoms with Crippen molar-refractivity contribution in [2.45, 2.75) is 105 Å². The fourth-order valence-corrected chi connectivity index (χ4v) is 4.15. The van der Waals surface area contributed by atoms with Gasteiger partial charge in [-0.05, 0) is 92.4 Å². The van der Waals surface area contributed by atoms with Crippen LogP contribution in [0.5, 0.6) is 0 Å². The van der Waals surface area contributed by atoms with E-state index in [-0.39, 0.29) is 77.4 Å². The molecule has 4 rings (SSSR count). The van der Waals surface area contributed by atoms with Gasteiger partial charge >= 0.3 is 0 Å². The Bertz CT molecular complexity index is 1230. The van der Waals surface area contributed by atoms with Crippen molar-refractivity contribution in [3.8, 4) is 22.8 Å². The van der Waals surface area contributed by atoms with E-state index < -0.39 is 0 Å². The molecule has 0 aliphatic heterocycles. The predicted octanol–water partition coefficient (Wildman–Crippen LogP) is 7.82. The molecule has 6 nitrogen and oxygen atoms in total. The van der Waals surface area contributed by atoms with Gasteiger partial charge in [-0.2, -0.15) is 0 Å². The van der Waals surface area contributed by atoms with E-state index in [1.807, 2.05) is 24.8 Å². The summed E-state index contributed by atoms with van der Waals surface area (Å²) in [6.07, 6.45) is 7.51. The molecule has 0 amide bonds. The molecule has 4 aromatic heterocycles. The van der Waals surface area contributed by atoms with Gasteiger partial charge < -0.3 is 11.0 Å². The topological polar surface area (TPSA) is 115 Å². The smallest absolute Gasteiger partial charge is 0.0889 e. The third kappa shape index (κ3) is 12.4. The molecule has 250 valence electrons. The van der Waals surface area contributed by atoms with Gasteiger partial charge in [0.1, 0.15) is 0 Å². The first kappa shape index (κ1) is 44.1. The molecule has 0 unspecified atom stereocenters. The number of aromatic nitrogens is 4. The van der Waals surface area contributed by atoms with Gasteiger partial charge in [-0.1, -0.05) is 83.1 Å². The van der Waals surface area contributed by atoms with Crippen LogP contribution in [0.1, 0.15) is 105 Å². The van der Waals surface area contributed by atoms with Gasteiger partial charge in [0.05, 0.1) is 22.8 Å². The van der Waals surface area contributed by atoms with Crippen LogP contribution in [0.25, 0.3) is 22.8 Å². The Hall–Kier alpha value is -2.00. The fraction of sp³-hybridized carbons (Fsp3) is 0.444. The maximum absolute atomic E-state index is 4.48. The summed E-state index contributed by atoms with van der Waals surface area (Å²) in [5.74, 6) is 0. The molecule has 0 aliphatic rings. The van der Waals surface area contributed by atoms with Gasteiger partial charge in [-0.15, -0.1) is 0 Å². The summed E-state index contributed by atoms with van der Waals surface area (Å²) in [5.41, 5.74) is 9.42. The van der Waals surface area contributed by atoms with Gasteiger partial charge in [-0.25, -0.2) is 0 Å². The van der Waals surface area contributed by atoms with Crippen LogP contribution in [-0.4, -0.2) is 30.9 Å². The molecule has 0 bridgehead atoms. The largest absolute Gasteiger partial charge is 0.412 e. The average molecular weight is 967 g/mol. The maximum atomic E-state index is 4.48. The Morgan fingerprint density at radius 1 is 0.341 bits per heavy atom. The summed E-state index contributed by atoms with van der Waals surface area (Å²) < 4.78 is 0. The first-order valence-corrected chi connectivity index (χ1v) is 14.2. The second-order valence-corrected chi connectivity index (χ2v) is 14.7. The molecule has 4 N–H and O–H groups in total. The molecule has 0 aliphatic carbocycles. The maximum Gasteiger partial charge on any atom is 0.0889 e. The molecule has 0 fully saturated rings. The molecular weight excluding hydrogens is 914 g/mol. The van der Waals surface area contributed by atoms with E-state index in [0.717, 1.165) is 22.8 Å². The summed E-state index contributed by atoms with van der Waals surface area (Å²) in [5, 5.41) is 0. The van der Waals surface area contributed by atoms with E-state index >= 15 is 0 Å². The number of rotatable bonds is 2. The van der Waals surface area contributed by atoms with Crippen molar-refractivity contribution in [2.75, 3.05) is 0 Å². The van der Waals surface area contributed by atoms with E-state index in [1.165, 1.54) is 22.3 Å². The quantitative estimate of drug-likeness (QED) is 0.191. The molecule has 0 aromatic carbocycles. The molecule has 0 saturated heterocycles. The summed E-state index contributed by atoms with van der Waals surface area (Å²) >= 11 is 0. The monoisotopic (exact) mass is 966 g/mol. The molecule has 4 aromatic rings. The van der Waals surface area contributed by atoms with E-state index in [4.69, 9.17) is 0 Å². The van der Waals surface area contributed by atoms with Gasteiger partial charge in [0.2, 0.25) is 0 Å². The number of nitrogens with zero attached hydrogens (tertiary/aromatic N) is 4. The van der Waals surface area contributed by atoms with Crippen LogP contribution in [0.4, 0.5) is 0 Å². The van der Waals surface area contributed by atoms with Crippen molar-refractivity contribution in [1.82, 2.24) is 19.9 Å². The van der Waals surface area contributed by atoms with Crippen LogP contribution in [0.2, 0.25) is 0 Å². The van der Waals surface area contributed by atoms with E-state index in [2.05, 4.69) is 152 Å². The van der Waals surface area contributed by atoms with Gasteiger partial charge in [0.25, 0.3) is 0 Å². The van der Waals surface area contributed by atoms with Crippen molar-refractivity contribution in [3.05, 3.63) is 95.6 Å². The number of pyridine rings is 4. The summed E-state index contributed by atoms with van der Waals surface area (Å²) in [7, 11) is 0. The molecule has 0 spiro atoms. The van der Waals surface area contributed by atoms with Crippen molar-refractivity contribution in [3.63, 3.8) is 0 Å². The standard InChI is InChI=1S/2C18H24N2.2Au.2H2O/c2*1-17(2,3)13-7-9-19-15(11-13)16-12-14(8-10-20-16)18(4,5)6;;;;/h2*7-12H,1-6H3;;;2*1H2. The zero-order valence-electron chi connectivity index (χ0n) is 28.3. The van der Waals surface area contributed by atoms with Gasteiger partial charge in [0, 0.05) is 69.5 Å². The number of hydrogen-bond acceptors (Lipinski definition) is 4. The molecule has 44 heavy (non-hydrogen) atoms. The Labute approximate surface area is 297 Å². The minimum absolute atomic E-state index is 0. The van der Waals surface area contributed by atoms with Crippen LogP contribution in [0.3, 0.4) is 0 Å². The third-order valence-corrected chi connectivity index (χ3v) is 7.03. The predicted molar refractivity (Wildman–Crippen MR) is 177 cm³/mol. The zero-order valence-corrected chi connectivity index (χ0v) is 32.7. The normalized spacial score (nSPS) is 11.4. The van der Waals surface area contributed by atoms with Gasteiger partial charge in [-0.3, -0.25) is 19.9 Å². The summed E-state index contributed by atoms with van der Waals surface area (Å²) in [4.78, 5) is 17.9. The van der Waals surface area contributed by atoms with Crippen molar-refractivity contribution < 1.29 is 55.7 Å². The van der Waals surface area contributed by atoms with E-state index in [1.54, 1.807) is 0 Å². The first-order chi connectivity index (χ1) is 18.4. The summed E-state index contributed by atoms with van der Waals surface area (Å²) in [6.45, 7) is 26.6. The third-order valence-electron chi connectivity index (χ3n) is 7.03. The van der Waals surface area contributed by atoms with Crippen molar-refractivity contribution >= 4 is 0 Å². The first-order valence-electron chi connectivity index (χ1n) is 14.2. The molecule has 8 heteroatoms. The number of hydrogen-bond donors (Lipinski definition) is 0. The van der Waals surface area contributed by atoms with E-state index in [0.29, 0.717) is 0 Å². The van der Waals surface area contributed by atoms with Crippen LogP contribution in [0, 0.1) is 0 Å². The Morgan fingerprint density at radius 3 is 0.636 bits per heavy atom. The van der Waals surface area contributed by atoms with Crippen molar-refractivity contribution in [2.24, 2.45) is 0 Å². The SMILES string of the molecule is CC(C)(C)c1ccnc(-c2cc(C(C)(C)C)ccn2)c1.CC(C)(C)c1ccnc(-c2cc(C(C)(C)C)ccn2)c1.O.O.[Au].[Au]. The second-order valence-electron chi connectivity index (χ2n) is 14.7. The minimum atomic E-state index is 0. The zero-order chi connectivity index (χ0) is 29.9. The summed E-state index contributed by atoms with van der Waals surface area (Å²) in [6, 6.07) is 16.9. The van der Waals surface area contributed by atoms with Crippen LogP contribution >= 0.6 is 0 Å². The van der Waals surface area contributed by atoms with Gasteiger partial charge in [0.15, 0.2) is 0 Å². The molecular formula is C36H52Au2N4O2. The van der Waals surface area contributed by atoms with E-state index in [9.17, 15) is 0 Å². The molecule has 4 heterocycles. The molecule has 0 saturated carbocycles. The van der Waals surface area contributed by atoms with Crippen LogP contribution in [0.15, 0.2) is 73.3 Å².